The largest absolute Gasteiger partial charge is 0.468 e. The number of ether oxygens (including phenoxy) is 1. The van der Waals surface area contributed by atoms with Gasteiger partial charge in [-0.15, -0.1) is 0 Å². The molecule has 1 heterocycles. The highest BCUT2D eigenvalue weighted by atomic mass is 16.5. The van der Waals surface area contributed by atoms with Gasteiger partial charge in [-0.25, -0.2) is 0 Å². The lowest BCUT2D eigenvalue weighted by molar-refractivity contribution is -0.128. The van der Waals surface area contributed by atoms with E-state index in [0.717, 1.165) is 11.3 Å². The number of carbonyl (C=O) groups excluding carboxylic acids is 1. The fourth-order valence-electron chi connectivity index (χ4n) is 0.544. The Balaban J connectivity index is 0.000000252. The van der Waals surface area contributed by atoms with Crippen LogP contribution in [0.3, 0.4) is 0 Å². The summed E-state index contributed by atoms with van der Waals surface area (Å²) >= 11 is 0. The zero-order valence-electron chi connectivity index (χ0n) is 7.86. The van der Waals surface area contributed by atoms with E-state index in [1.165, 1.54) is 0 Å². The smallest absolute Gasteiger partial charge is 0.293 e. The molecule has 13 heavy (non-hydrogen) atoms. The number of nitrogens with two attached hydrogens (primary N) is 1. The average Bonchev–Trinajstić information content (AvgIpc) is 2.13. The molecule has 4 nitrogen and oxygen atoms in total. The molecule has 0 aliphatic rings. The maximum Gasteiger partial charge on any atom is 0.293 e. The van der Waals surface area contributed by atoms with Gasteiger partial charge in [-0.1, -0.05) is 0 Å². The second-order valence-corrected chi connectivity index (χ2v) is 2.28. The first kappa shape index (κ1) is 11.4. The molecule has 0 atom stereocenters. The summed E-state index contributed by atoms with van der Waals surface area (Å²) < 4.78 is 4.15. The Morgan fingerprint density at radius 1 is 1.69 bits per heavy atom. The average molecular weight is 182 g/mol. The van der Waals surface area contributed by atoms with Gasteiger partial charge in [-0.2, -0.15) is 0 Å². The molecule has 0 aromatic carbocycles. The predicted molar refractivity (Wildman–Crippen MR) is 51.1 cm³/mol. The number of nitrogen functional groups attached to an aromatic ring is 1. The molecular weight excluding hydrogens is 168 g/mol. The Hall–Kier alpha value is -1.58. The summed E-state index contributed by atoms with van der Waals surface area (Å²) in [6, 6.07) is 1.88. The summed E-state index contributed by atoms with van der Waals surface area (Å²) in [7, 11) is 0. The van der Waals surface area contributed by atoms with Crippen molar-refractivity contribution in [3.8, 4) is 0 Å². The molecule has 0 spiro atoms. The van der Waals surface area contributed by atoms with Gasteiger partial charge in [0, 0.05) is 12.4 Å². The first-order valence-electron chi connectivity index (χ1n) is 3.93. The number of aryl methyl sites for hydroxylation is 1. The Labute approximate surface area is 77.7 Å². The van der Waals surface area contributed by atoms with Gasteiger partial charge < -0.3 is 10.5 Å². The number of anilines is 1. The second-order valence-electron chi connectivity index (χ2n) is 2.28. The van der Waals surface area contributed by atoms with E-state index in [1.54, 1.807) is 19.3 Å². The van der Waals surface area contributed by atoms with Crippen LogP contribution in [0.15, 0.2) is 18.5 Å². The van der Waals surface area contributed by atoms with E-state index in [2.05, 4.69) is 9.72 Å². The molecule has 0 amide bonds. The number of rotatable bonds is 2. The van der Waals surface area contributed by atoms with Crippen molar-refractivity contribution >= 4 is 12.2 Å². The summed E-state index contributed by atoms with van der Waals surface area (Å²) in [5, 5.41) is 0. The lowest BCUT2D eigenvalue weighted by Crippen LogP contribution is -1.88. The molecule has 0 fully saturated rings. The standard InChI is InChI=1S/C6H8N2.C3H6O2/c1-5-2-3-8-4-6(5)7;1-2-5-3-4/h2-4H,7H2,1H3;3H,2H2,1H3. The minimum atomic E-state index is 0.431. The summed E-state index contributed by atoms with van der Waals surface area (Å²) in [4.78, 5) is 13.0. The predicted octanol–water partition coefficient (Wildman–Crippen LogP) is 1.15. The van der Waals surface area contributed by atoms with Crippen molar-refractivity contribution in [3.63, 3.8) is 0 Å². The molecule has 1 rings (SSSR count). The Kier molecular flexibility index (Phi) is 6.23. The Morgan fingerprint density at radius 3 is 2.62 bits per heavy atom. The van der Waals surface area contributed by atoms with Crippen molar-refractivity contribution in [2.24, 2.45) is 0 Å². The van der Waals surface area contributed by atoms with Crippen LogP contribution in [0.5, 0.6) is 0 Å². The molecule has 4 heteroatoms. The normalized spacial score (nSPS) is 8.15. The first-order valence-corrected chi connectivity index (χ1v) is 3.93. The highest BCUT2D eigenvalue weighted by molar-refractivity contribution is 5.42. The maximum absolute atomic E-state index is 9.18. The molecule has 0 radical (unpaired) electrons. The second kappa shape index (κ2) is 7.09. The number of hydrogen-bond donors (Lipinski definition) is 1. The van der Waals surface area contributed by atoms with Crippen molar-refractivity contribution in [1.82, 2.24) is 4.98 Å². The lowest BCUT2D eigenvalue weighted by atomic mass is 10.3. The van der Waals surface area contributed by atoms with E-state index in [4.69, 9.17) is 5.73 Å². The van der Waals surface area contributed by atoms with Crippen LogP contribution in [0.25, 0.3) is 0 Å². The van der Waals surface area contributed by atoms with E-state index in [-0.39, 0.29) is 0 Å². The zero-order chi connectivity index (χ0) is 10.1. The SMILES string of the molecule is CCOC=O.Cc1ccncc1N. The fourth-order valence-corrected chi connectivity index (χ4v) is 0.544. The topological polar surface area (TPSA) is 65.2 Å². The number of nitrogens with zero attached hydrogens (tertiary/aromatic N) is 1. The molecular formula is C9H14N2O2. The minimum Gasteiger partial charge on any atom is -0.468 e. The summed E-state index contributed by atoms with van der Waals surface area (Å²) in [5.74, 6) is 0. The van der Waals surface area contributed by atoms with Crippen molar-refractivity contribution in [3.05, 3.63) is 24.0 Å². The zero-order valence-corrected chi connectivity index (χ0v) is 7.86. The number of pyridine rings is 1. The van der Waals surface area contributed by atoms with Gasteiger partial charge >= 0.3 is 0 Å². The van der Waals surface area contributed by atoms with E-state index < -0.39 is 0 Å². The summed E-state index contributed by atoms with van der Waals surface area (Å²) in [6.45, 7) is 4.62. The van der Waals surface area contributed by atoms with Gasteiger partial charge in [0.15, 0.2) is 0 Å². The van der Waals surface area contributed by atoms with E-state index in [9.17, 15) is 4.79 Å². The van der Waals surface area contributed by atoms with Crippen molar-refractivity contribution in [1.29, 1.82) is 0 Å². The number of aromatic nitrogens is 1. The summed E-state index contributed by atoms with van der Waals surface area (Å²) in [5.41, 5.74) is 7.30. The van der Waals surface area contributed by atoms with Crippen molar-refractivity contribution in [2.45, 2.75) is 13.8 Å². The van der Waals surface area contributed by atoms with Gasteiger partial charge in [0.1, 0.15) is 0 Å². The minimum absolute atomic E-state index is 0.431. The van der Waals surface area contributed by atoms with Crippen LogP contribution in [0.1, 0.15) is 12.5 Å². The molecule has 72 valence electrons. The monoisotopic (exact) mass is 182 g/mol. The van der Waals surface area contributed by atoms with Crippen LogP contribution in [-0.4, -0.2) is 18.1 Å². The molecule has 0 aliphatic heterocycles. The van der Waals surface area contributed by atoms with E-state index in [1.807, 2.05) is 13.0 Å². The van der Waals surface area contributed by atoms with Crippen LogP contribution in [0, 0.1) is 6.92 Å². The third-order valence-corrected chi connectivity index (χ3v) is 1.31. The molecule has 1 aromatic rings. The molecule has 0 unspecified atom stereocenters. The molecule has 1 aromatic heterocycles. The highest BCUT2D eigenvalue weighted by Gasteiger charge is 1.85. The van der Waals surface area contributed by atoms with Crippen LogP contribution < -0.4 is 5.73 Å². The maximum atomic E-state index is 9.18. The van der Waals surface area contributed by atoms with Crippen molar-refractivity contribution in [2.75, 3.05) is 12.3 Å². The van der Waals surface area contributed by atoms with Crippen LogP contribution in [0.2, 0.25) is 0 Å². The van der Waals surface area contributed by atoms with Gasteiger partial charge in [0.2, 0.25) is 0 Å². The van der Waals surface area contributed by atoms with E-state index >= 15 is 0 Å². The third kappa shape index (κ3) is 5.66. The first-order chi connectivity index (χ1) is 6.22. The highest BCUT2D eigenvalue weighted by Crippen LogP contribution is 2.04. The fraction of sp³-hybridized carbons (Fsp3) is 0.333. The van der Waals surface area contributed by atoms with Crippen molar-refractivity contribution < 1.29 is 9.53 Å². The molecule has 0 bridgehead atoms. The van der Waals surface area contributed by atoms with Gasteiger partial charge in [0.25, 0.3) is 6.47 Å². The van der Waals surface area contributed by atoms with Gasteiger partial charge in [-0.3, -0.25) is 9.78 Å². The number of hydrogen-bond acceptors (Lipinski definition) is 4. The van der Waals surface area contributed by atoms with Crippen LogP contribution >= 0.6 is 0 Å². The van der Waals surface area contributed by atoms with Crippen LogP contribution in [0.4, 0.5) is 5.69 Å². The molecule has 0 aliphatic carbocycles. The molecule has 0 saturated carbocycles. The van der Waals surface area contributed by atoms with Gasteiger partial charge in [-0.05, 0) is 25.5 Å². The lowest BCUT2D eigenvalue weighted by Gasteiger charge is -1.92. The summed E-state index contributed by atoms with van der Waals surface area (Å²) in [6.07, 6.45) is 3.38. The quantitative estimate of drug-likeness (QED) is 0.697. The van der Waals surface area contributed by atoms with Gasteiger partial charge in [0.05, 0.1) is 12.3 Å². The van der Waals surface area contributed by atoms with Crippen LogP contribution in [-0.2, 0) is 9.53 Å². The Morgan fingerprint density at radius 2 is 2.38 bits per heavy atom. The number of carbonyl (C=O) groups is 1. The third-order valence-electron chi connectivity index (χ3n) is 1.31. The molecule has 2 N–H and O–H groups in total. The Bertz CT molecular complexity index is 230. The van der Waals surface area contributed by atoms with E-state index in [0.29, 0.717) is 13.1 Å². The molecule has 0 saturated heterocycles.